The van der Waals surface area contributed by atoms with Crippen molar-refractivity contribution in [1.29, 1.82) is 0 Å². The molecule has 6 nitrogen and oxygen atoms in total. The van der Waals surface area contributed by atoms with Crippen LogP contribution < -0.4 is 10.6 Å². The normalized spacial score (nSPS) is 10.1. The van der Waals surface area contributed by atoms with Gasteiger partial charge in [0.25, 0.3) is 5.91 Å². The van der Waals surface area contributed by atoms with Crippen molar-refractivity contribution >= 4 is 17.5 Å². The molecule has 2 aromatic rings. The molecule has 0 aliphatic heterocycles. The first-order valence-corrected chi connectivity index (χ1v) is 7.25. The molecule has 2 amide bonds. The number of pyridine rings is 1. The van der Waals surface area contributed by atoms with Gasteiger partial charge in [-0.1, -0.05) is 12.1 Å². The predicted octanol–water partition coefficient (Wildman–Crippen LogP) is 1.64. The van der Waals surface area contributed by atoms with Gasteiger partial charge in [-0.05, 0) is 29.8 Å². The Morgan fingerprint density at radius 1 is 1.09 bits per heavy atom. The molecule has 0 unspecified atom stereocenters. The zero-order chi connectivity index (χ0) is 16.5. The molecule has 0 aliphatic carbocycles. The maximum atomic E-state index is 12.0. The Bertz CT molecular complexity index is 642. The summed E-state index contributed by atoms with van der Waals surface area (Å²) in [5.41, 5.74) is 2.10. The molecular weight excluding hydrogens is 294 g/mol. The smallest absolute Gasteiger partial charge is 0.255 e. The number of methoxy groups -OCH3 is 1. The summed E-state index contributed by atoms with van der Waals surface area (Å²) in [5.74, 6) is -0.256. The predicted molar refractivity (Wildman–Crippen MR) is 87.2 cm³/mol. The lowest BCUT2D eigenvalue weighted by molar-refractivity contribution is -0.120. The van der Waals surface area contributed by atoms with Crippen molar-refractivity contribution in [2.45, 2.75) is 6.42 Å². The lowest BCUT2D eigenvalue weighted by Crippen LogP contribution is -2.28. The third kappa shape index (κ3) is 5.52. The summed E-state index contributed by atoms with van der Waals surface area (Å²) >= 11 is 0. The maximum Gasteiger partial charge on any atom is 0.255 e. The standard InChI is InChI=1S/C17H19N3O3/c1-23-11-10-19-16(21)12-13-2-4-15(5-3-13)20-17(22)14-6-8-18-9-7-14/h2-9H,10-12H2,1H3,(H,19,21)(H,20,22). The van der Waals surface area contributed by atoms with Gasteiger partial charge in [-0.2, -0.15) is 0 Å². The summed E-state index contributed by atoms with van der Waals surface area (Å²) in [6.07, 6.45) is 3.43. The van der Waals surface area contributed by atoms with Gasteiger partial charge in [-0.25, -0.2) is 0 Å². The van der Waals surface area contributed by atoms with Gasteiger partial charge >= 0.3 is 0 Å². The van der Waals surface area contributed by atoms with E-state index in [9.17, 15) is 9.59 Å². The third-order valence-electron chi connectivity index (χ3n) is 3.15. The maximum absolute atomic E-state index is 12.0. The second-order valence-corrected chi connectivity index (χ2v) is 4.91. The second kappa shape index (κ2) is 8.65. The van der Waals surface area contributed by atoms with Crippen LogP contribution in [0.1, 0.15) is 15.9 Å². The van der Waals surface area contributed by atoms with Gasteiger partial charge < -0.3 is 15.4 Å². The molecule has 1 aromatic heterocycles. The van der Waals surface area contributed by atoms with Crippen LogP contribution in [0.4, 0.5) is 5.69 Å². The van der Waals surface area contributed by atoms with Crippen LogP contribution >= 0.6 is 0 Å². The van der Waals surface area contributed by atoms with Crippen molar-refractivity contribution < 1.29 is 14.3 Å². The molecule has 0 bridgehead atoms. The summed E-state index contributed by atoms with van der Waals surface area (Å²) in [4.78, 5) is 27.6. The highest BCUT2D eigenvalue weighted by Crippen LogP contribution is 2.11. The fraction of sp³-hybridized carbons (Fsp3) is 0.235. The lowest BCUT2D eigenvalue weighted by Gasteiger charge is -2.07. The number of nitrogens with zero attached hydrogens (tertiary/aromatic N) is 1. The molecule has 0 spiro atoms. The fourth-order valence-corrected chi connectivity index (χ4v) is 1.95. The van der Waals surface area contributed by atoms with Gasteiger partial charge in [0.2, 0.25) is 5.91 Å². The Hall–Kier alpha value is -2.73. The van der Waals surface area contributed by atoms with Crippen LogP contribution in [0, 0.1) is 0 Å². The molecule has 23 heavy (non-hydrogen) atoms. The number of amides is 2. The Kier molecular flexibility index (Phi) is 6.26. The molecular formula is C17H19N3O3. The van der Waals surface area contributed by atoms with E-state index in [1.807, 2.05) is 12.1 Å². The summed E-state index contributed by atoms with van der Waals surface area (Å²) in [6, 6.07) is 10.5. The highest BCUT2D eigenvalue weighted by molar-refractivity contribution is 6.04. The summed E-state index contributed by atoms with van der Waals surface area (Å²) in [6.45, 7) is 0.987. The number of ether oxygens (including phenoxy) is 1. The number of hydrogen-bond acceptors (Lipinski definition) is 4. The number of anilines is 1. The average molecular weight is 313 g/mol. The van der Waals surface area contributed by atoms with Crippen LogP contribution in [0.25, 0.3) is 0 Å². The molecule has 0 atom stereocenters. The van der Waals surface area contributed by atoms with E-state index < -0.39 is 0 Å². The van der Waals surface area contributed by atoms with E-state index in [1.165, 1.54) is 0 Å². The van der Waals surface area contributed by atoms with Crippen LogP contribution in [0.2, 0.25) is 0 Å². The van der Waals surface area contributed by atoms with E-state index in [0.29, 0.717) is 30.8 Å². The van der Waals surface area contributed by atoms with Gasteiger partial charge in [-0.3, -0.25) is 14.6 Å². The van der Waals surface area contributed by atoms with E-state index in [4.69, 9.17) is 4.74 Å². The number of carbonyl (C=O) groups excluding carboxylic acids is 2. The highest BCUT2D eigenvalue weighted by Gasteiger charge is 2.06. The van der Waals surface area contributed by atoms with Crippen molar-refractivity contribution in [1.82, 2.24) is 10.3 Å². The van der Waals surface area contributed by atoms with Gasteiger partial charge in [-0.15, -0.1) is 0 Å². The van der Waals surface area contributed by atoms with E-state index in [1.54, 1.807) is 43.8 Å². The molecule has 120 valence electrons. The van der Waals surface area contributed by atoms with E-state index >= 15 is 0 Å². The van der Waals surface area contributed by atoms with Crippen LogP contribution in [-0.2, 0) is 16.0 Å². The molecule has 2 rings (SSSR count). The highest BCUT2D eigenvalue weighted by atomic mass is 16.5. The summed E-state index contributed by atoms with van der Waals surface area (Å²) in [7, 11) is 1.59. The summed E-state index contributed by atoms with van der Waals surface area (Å²) in [5, 5.41) is 5.56. The topological polar surface area (TPSA) is 80.3 Å². The number of nitrogens with one attached hydrogen (secondary N) is 2. The Morgan fingerprint density at radius 2 is 1.78 bits per heavy atom. The molecule has 2 N–H and O–H groups in total. The zero-order valence-corrected chi connectivity index (χ0v) is 12.9. The minimum atomic E-state index is -0.197. The molecule has 0 fully saturated rings. The zero-order valence-electron chi connectivity index (χ0n) is 12.9. The van der Waals surface area contributed by atoms with Crippen molar-refractivity contribution in [2.24, 2.45) is 0 Å². The minimum absolute atomic E-state index is 0.0596. The number of carbonyl (C=O) groups is 2. The minimum Gasteiger partial charge on any atom is -0.383 e. The second-order valence-electron chi connectivity index (χ2n) is 4.91. The van der Waals surface area contributed by atoms with Crippen LogP contribution in [0.5, 0.6) is 0 Å². The molecule has 1 heterocycles. The van der Waals surface area contributed by atoms with Crippen molar-refractivity contribution in [3.63, 3.8) is 0 Å². The van der Waals surface area contributed by atoms with Gasteiger partial charge in [0.1, 0.15) is 0 Å². The molecule has 6 heteroatoms. The van der Waals surface area contributed by atoms with Crippen LogP contribution in [-0.4, -0.2) is 37.1 Å². The molecule has 0 saturated heterocycles. The van der Waals surface area contributed by atoms with Gasteiger partial charge in [0.15, 0.2) is 0 Å². The lowest BCUT2D eigenvalue weighted by atomic mass is 10.1. The van der Waals surface area contributed by atoms with Crippen molar-refractivity contribution in [2.75, 3.05) is 25.6 Å². The Balaban J connectivity index is 1.87. The number of benzene rings is 1. The van der Waals surface area contributed by atoms with Gasteiger partial charge in [0.05, 0.1) is 13.0 Å². The first-order chi connectivity index (χ1) is 11.2. The third-order valence-corrected chi connectivity index (χ3v) is 3.15. The molecule has 0 aliphatic rings. The average Bonchev–Trinajstić information content (AvgIpc) is 2.57. The Morgan fingerprint density at radius 3 is 2.43 bits per heavy atom. The van der Waals surface area contributed by atoms with E-state index in [-0.39, 0.29) is 11.8 Å². The van der Waals surface area contributed by atoms with Crippen LogP contribution in [0.15, 0.2) is 48.8 Å². The summed E-state index contributed by atoms with van der Waals surface area (Å²) < 4.78 is 4.87. The number of hydrogen-bond donors (Lipinski definition) is 2. The fourth-order valence-electron chi connectivity index (χ4n) is 1.95. The quantitative estimate of drug-likeness (QED) is 0.762. The van der Waals surface area contributed by atoms with Crippen molar-refractivity contribution in [3.05, 3.63) is 59.9 Å². The first-order valence-electron chi connectivity index (χ1n) is 7.25. The van der Waals surface area contributed by atoms with Crippen LogP contribution in [0.3, 0.4) is 0 Å². The van der Waals surface area contributed by atoms with Crippen molar-refractivity contribution in [3.8, 4) is 0 Å². The Labute approximate surface area is 134 Å². The number of rotatable bonds is 7. The van der Waals surface area contributed by atoms with Gasteiger partial charge in [0, 0.05) is 37.3 Å². The van der Waals surface area contributed by atoms with E-state index in [2.05, 4.69) is 15.6 Å². The number of aromatic nitrogens is 1. The molecule has 0 saturated carbocycles. The largest absolute Gasteiger partial charge is 0.383 e. The van der Waals surface area contributed by atoms with E-state index in [0.717, 1.165) is 5.56 Å². The SMILES string of the molecule is COCCNC(=O)Cc1ccc(NC(=O)c2ccncc2)cc1. The first kappa shape index (κ1) is 16.6. The molecule has 1 aromatic carbocycles. The monoisotopic (exact) mass is 313 g/mol. The molecule has 0 radical (unpaired) electrons.